The van der Waals surface area contributed by atoms with Crippen LogP contribution in [0.1, 0.15) is 11.1 Å². The van der Waals surface area contributed by atoms with Crippen LogP contribution in [0.4, 0.5) is 4.39 Å². The lowest BCUT2D eigenvalue weighted by atomic mass is 10.1. The van der Waals surface area contributed by atoms with Gasteiger partial charge in [0.15, 0.2) is 4.77 Å². The molecule has 2 aromatic carbocycles. The molecule has 19 heavy (non-hydrogen) atoms. The summed E-state index contributed by atoms with van der Waals surface area (Å²) in [5, 5.41) is 0. The van der Waals surface area contributed by atoms with Crippen LogP contribution in [0.5, 0.6) is 0 Å². The van der Waals surface area contributed by atoms with Crippen molar-refractivity contribution in [3.05, 3.63) is 58.1 Å². The van der Waals surface area contributed by atoms with E-state index in [-0.39, 0.29) is 5.82 Å². The molecular weight excluding hydrogens is 259 g/mol. The van der Waals surface area contributed by atoms with Crippen LogP contribution in [0, 0.1) is 24.4 Å². The molecule has 0 spiro atoms. The molecule has 96 valence electrons. The number of halogens is 1. The smallest absolute Gasteiger partial charge is 0.182 e. The van der Waals surface area contributed by atoms with Crippen molar-refractivity contribution in [1.82, 2.24) is 9.55 Å². The zero-order valence-corrected chi connectivity index (χ0v) is 11.5. The summed E-state index contributed by atoms with van der Waals surface area (Å²) in [6.07, 6.45) is 0. The monoisotopic (exact) mass is 272 g/mol. The van der Waals surface area contributed by atoms with Gasteiger partial charge in [-0.1, -0.05) is 12.1 Å². The summed E-state index contributed by atoms with van der Waals surface area (Å²) in [4.78, 5) is 3.05. The summed E-state index contributed by atoms with van der Waals surface area (Å²) in [7, 11) is 0. The highest BCUT2D eigenvalue weighted by atomic mass is 32.1. The van der Waals surface area contributed by atoms with E-state index in [1.54, 1.807) is 6.07 Å². The fourth-order valence-corrected chi connectivity index (χ4v) is 2.59. The summed E-state index contributed by atoms with van der Waals surface area (Å²) in [6, 6.07) is 10.9. The summed E-state index contributed by atoms with van der Waals surface area (Å²) in [5.41, 5.74) is 4.93. The van der Waals surface area contributed by atoms with E-state index < -0.39 is 0 Å². The fraction of sp³-hybridized carbons (Fsp3) is 0.133. The Morgan fingerprint density at radius 3 is 2.68 bits per heavy atom. The number of H-pyrrole nitrogens is 1. The molecule has 0 radical (unpaired) electrons. The highest BCUT2D eigenvalue weighted by Crippen LogP contribution is 2.23. The number of imidazole rings is 1. The Hall–Kier alpha value is -1.94. The number of aryl methyl sites for hydroxylation is 2. The maximum absolute atomic E-state index is 13.3. The number of aromatic nitrogens is 2. The predicted octanol–water partition coefficient (Wildman–Crippen LogP) is 4.44. The van der Waals surface area contributed by atoms with Crippen LogP contribution in [-0.2, 0) is 0 Å². The molecule has 0 fully saturated rings. The molecule has 3 rings (SSSR count). The Balaban J connectivity index is 2.39. The second kappa shape index (κ2) is 4.31. The van der Waals surface area contributed by atoms with Crippen molar-refractivity contribution in [3.63, 3.8) is 0 Å². The van der Waals surface area contributed by atoms with Gasteiger partial charge in [-0.2, -0.15) is 0 Å². The second-order valence-corrected chi connectivity index (χ2v) is 5.10. The molecular formula is C15H13FN2S. The minimum atomic E-state index is -0.267. The second-order valence-electron chi connectivity index (χ2n) is 4.72. The summed E-state index contributed by atoms with van der Waals surface area (Å²) >= 11 is 5.37. The zero-order valence-electron chi connectivity index (χ0n) is 10.7. The normalized spacial score (nSPS) is 11.1. The molecule has 0 atom stereocenters. The van der Waals surface area contributed by atoms with E-state index in [0.29, 0.717) is 10.3 Å². The quantitative estimate of drug-likeness (QED) is 0.649. The van der Waals surface area contributed by atoms with Gasteiger partial charge in [0.1, 0.15) is 5.82 Å². The number of rotatable bonds is 1. The largest absolute Gasteiger partial charge is 0.330 e. The maximum Gasteiger partial charge on any atom is 0.182 e. The molecule has 0 aliphatic rings. The summed E-state index contributed by atoms with van der Waals surface area (Å²) in [6.45, 7) is 4.08. The molecule has 4 heteroatoms. The van der Waals surface area contributed by atoms with Crippen molar-refractivity contribution in [2.24, 2.45) is 0 Å². The van der Waals surface area contributed by atoms with Gasteiger partial charge < -0.3 is 4.98 Å². The Morgan fingerprint density at radius 2 is 1.89 bits per heavy atom. The third-order valence-corrected chi connectivity index (χ3v) is 3.53. The molecule has 0 aliphatic carbocycles. The number of benzene rings is 2. The maximum atomic E-state index is 13.3. The molecule has 3 aromatic rings. The molecule has 1 heterocycles. The van der Waals surface area contributed by atoms with E-state index in [9.17, 15) is 4.39 Å². The van der Waals surface area contributed by atoms with Crippen molar-refractivity contribution in [1.29, 1.82) is 0 Å². The first-order valence-electron chi connectivity index (χ1n) is 6.04. The van der Waals surface area contributed by atoms with Gasteiger partial charge in [0.2, 0.25) is 0 Å². The zero-order chi connectivity index (χ0) is 13.6. The average molecular weight is 272 g/mol. The van der Waals surface area contributed by atoms with Crippen LogP contribution in [0.25, 0.3) is 16.7 Å². The van der Waals surface area contributed by atoms with Gasteiger partial charge in [0, 0.05) is 0 Å². The van der Waals surface area contributed by atoms with Gasteiger partial charge in [-0.15, -0.1) is 0 Å². The van der Waals surface area contributed by atoms with Gasteiger partial charge in [-0.05, 0) is 61.5 Å². The van der Waals surface area contributed by atoms with Crippen LogP contribution in [0.15, 0.2) is 36.4 Å². The average Bonchev–Trinajstić information content (AvgIpc) is 2.67. The molecule has 0 saturated carbocycles. The van der Waals surface area contributed by atoms with Crippen molar-refractivity contribution < 1.29 is 4.39 Å². The Morgan fingerprint density at radius 1 is 1.11 bits per heavy atom. The van der Waals surface area contributed by atoms with Crippen molar-refractivity contribution >= 4 is 23.3 Å². The SMILES string of the molecule is Cc1ccc(C)c(-n2c(=S)[nH]c3cc(F)ccc32)c1. The Kier molecular flexibility index (Phi) is 2.75. The number of hydrogen-bond acceptors (Lipinski definition) is 1. The highest BCUT2D eigenvalue weighted by molar-refractivity contribution is 7.71. The third kappa shape index (κ3) is 1.98. The van der Waals surface area contributed by atoms with Crippen molar-refractivity contribution in [2.45, 2.75) is 13.8 Å². The number of nitrogens with one attached hydrogen (secondary N) is 1. The lowest BCUT2D eigenvalue weighted by molar-refractivity contribution is 0.629. The molecule has 1 N–H and O–H groups in total. The minimum absolute atomic E-state index is 0.267. The van der Waals surface area contributed by atoms with E-state index in [4.69, 9.17) is 12.2 Å². The standard InChI is InChI=1S/C15H13FN2S/c1-9-3-4-10(2)14(7-9)18-13-6-5-11(16)8-12(13)17-15(18)19/h3-8H,1-2H3,(H,17,19). The first-order chi connectivity index (χ1) is 9.06. The van der Waals surface area contributed by atoms with Gasteiger partial charge in [0.05, 0.1) is 16.7 Å². The third-order valence-electron chi connectivity index (χ3n) is 3.25. The number of aromatic amines is 1. The molecule has 0 amide bonds. The summed E-state index contributed by atoms with van der Waals surface area (Å²) < 4.78 is 15.8. The molecule has 2 nitrogen and oxygen atoms in total. The van der Waals surface area contributed by atoms with Crippen LogP contribution < -0.4 is 0 Å². The molecule has 0 aliphatic heterocycles. The number of nitrogens with zero attached hydrogens (tertiary/aromatic N) is 1. The molecule has 0 bridgehead atoms. The van der Waals surface area contributed by atoms with Crippen molar-refractivity contribution in [3.8, 4) is 5.69 Å². The number of hydrogen-bond donors (Lipinski definition) is 1. The van der Waals surface area contributed by atoms with E-state index in [1.165, 1.54) is 17.7 Å². The minimum Gasteiger partial charge on any atom is -0.330 e. The van der Waals surface area contributed by atoms with Gasteiger partial charge in [-0.25, -0.2) is 4.39 Å². The van der Waals surface area contributed by atoms with Crippen molar-refractivity contribution in [2.75, 3.05) is 0 Å². The van der Waals surface area contributed by atoms with E-state index in [1.807, 2.05) is 18.4 Å². The summed E-state index contributed by atoms with van der Waals surface area (Å²) in [5.74, 6) is -0.267. The molecule has 1 aromatic heterocycles. The Bertz CT molecular complexity index is 830. The highest BCUT2D eigenvalue weighted by Gasteiger charge is 2.09. The first kappa shape index (κ1) is 12.1. The van der Waals surface area contributed by atoms with Crippen LogP contribution in [-0.4, -0.2) is 9.55 Å². The predicted molar refractivity (Wildman–Crippen MR) is 77.9 cm³/mol. The lowest BCUT2D eigenvalue weighted by Gasteiger charge is -2.09. The van der Waals surface area contributed by atoms with E-state index >= 15 is 0 Å². The fourth-order valence-electron chi connectivity index (χ4n) is 2.28. The van der Waals surface area contributed by atoms with Crippen LogP contribution in [0.2, 0.25) is 0 Å². The van der Waals surface area contributed by atoms with Gasteiger partial charge >= 0.3 is 0 Å². The van der Waals surface area contributed by atoms with E-state index in [2.05, 4.69) is 23.2 Å². The molecule has 0 unspecified atom stereocenters. The number of fused-ring (bicyclic) bond motifs is 1. The van der Waals surface area contributed by atoms with Crippen LogP contribution >= 0.6 is 12.2 Å². The van der Waals surface area contributed by atoms with Gasteiger partial charge in [-0.3, -0.25) is 4.57 Å². The van der Waals surface area contributed by atoms with Gasteiger partial charge in [0.25, 0.3) is 0 Å². The van der Waals surface area contributed by atoms with Crippen LogP contribution in [0.3, 0.4) is 0 Å². The van der Waals surface area contributed by atoms with E-state index in [0.717, 1.165) is 16.8 Å². The topological polar surface area (TPSA) is 20.7 Å². The first-order valence-corrected chi connectivity index (χ1v) is 6.45. The lowest BCUT2D eigenvalue weighted by Crippen LogP contribution is -1.97. The Labute approximate surface area is 115 Å². The molecule has 0 saturated heterocycles.